The van der Waals surface area contributed by atoms with E-state index >= 15 is 0 Å². The standard InChI is InChI=1S/C10H11F3N4O/c1-3-8-14-15-9(18-8)6(2)17-5-4-7(16-17)10(11,12)13/h4-6H,3H2,1-2H3/t6-/m0/s1. The van der Waals surface area contributed by atoms with Gasteiger partial charge in [-0.2, -0.15) is 18.3 Å². The van der Waals surface area contributed by atoms with E-state index in [9.17, 15) is 13.2 Å². The maximum atomic E-state index is 12.4. The first-order valence-corrected chi connectivity index (χ1v) is 5.36. The van der Waals surface area contributed by atoms with Crippen molar-refractivity contribution in [2.24, 2.45) is 0 Å². The highest BCUT2D eigenvalue weighted by Crippen LogP contribution is 2.28. The first-order valence-electron chi connectivity index (χ1n) is 5.36. The Morgan fingerprint density at radius 3 is 2.61 bits per heavy atom. The minimum Gasteiger partial charge on any atom is -0.423 e. The van der Waals surface area contributed by atoms with Gasteiger partial charge >= 0.3 is 6.18 Å². The van der Waals surface area contributed by atoms with Gasteiger partial charge in [-0.3, -0.25) is 4.68 Å². The summed E-state index contributed by atoms with van der Waals surface area (Å²) < 4.78 is 43.6. The van der Waals surface area contributed by atoms with Crippen LogP contribution in [0.3, 0.4) is 0 Å². The van der Waals surface area contributed by atoms with E-state index in [2.05, 4.69) is 15.3 Å². The number of hydrogen-bond donors (Lipinski definition) is 0. The monoisotopic (exact) mass is 260 g/mol. The fourth-order valence-corrected chi connectivity index (χ4v) is 1.40. The molecule has 2 aromatic heterocycles. The highest BCUT2D eigenvalue weighted by atomic mass is 19.4. The topological polar surface area (TPSA) is 56.7 Å². The molecule has 0 aliphatic carbocycles. The molecule has 1 atom stereocenters. The first-order chi connectivity index (χ1) is 8.41. The van der Waals surface area contributed by atoms with Gasteiger partial charge in [0.1, 0.15) is 6.04 Å². The third-order valence-electron chi connectivity index (χ3n) is 2.44. The number of aryl methyl sites for hydroxylation is 1. The lowest BCUT2D eigenvalue weighted by Crippen LogP contribution is -2.11. The summed E-state index contributed by atoms with van der Waals surface area (Å²) in [5, 5.41) is 11.0. The molecule has 5 nitrogen and oxygen atoms in total. The molecule has 2 rings (SSSR count). The number of alkyl halides is 3. The van der Waals surface area contributed by atoms with Crippen LogP contribution in [0.2, 0.25) is 0 Å². The average molecular weight is 260 g/mol. The molecule has 0 aromatic carbocycles. The van der Waals surface area contributed by atoms with Crippen LogP contribution in [-0.2, 0) is 12.6 Å². The predicted octanol–water partition coefficient (Wildman–Crippen LogP) is 2.46. The lowest BCUT2D eigenvalue weighted by Gasteiger charge is -2.07. The Balaban J connectivity index is 2.23. The molecule has 18 heavy (non-hydrogen) atoms. The molecule has 8 heteroatoms. The number of rotatable bonds is 3. The van der Waals surface area contributed by atoms with Gasteiger partial charge < -0.3 is 4.42 Å². The van der Waals surface area contributed by atoms with Crippen molar-refractivity contribution in [1.29, 1.82) is 0 Å². The molecule has 0 unspecified atom stereocenters. The SMILES string of the molecule is CCc1nnc([C@H](C)n2ccc(C(F)(F)F)n2)o1. The summed E-state index contributed by atoms with van der Waals surface area (Å²) in [4.78, 5) is 0. The second-order valence-corrected chi connectivity index (χ2v) is 3.74. The molecular formula is C10H11F3N4O. The Hall–Kier alpha value is -1.86. The number of halogens is 3. The van der Waals surface area contributed by atoms with E-state index in [1.165, 1.54) is 6.20 Å². The third-order valence-corrected chi connectivity index (χ3v) is 2.44. The van der Waals surface area contributed by atoms with E-state index in [4.69, 9.17) is 4.42 Å². The maximum Gasteiger partial charge on any atom is 0.435 e. The van der Waals surface area contributed by atoms with E-state index in [1.807, 2.05) is 6.92 Å². The molecule has 0 aliphatic rings. The largest absolute Gasteiger partial charge is 0.435 e. The fourth-order valence-electron chi connectivity index (χ4n) is 1.40. The van der Waals surface area contributed by atoms with E-state index < -0.39 is 17.9 Å². The highest BCUT2D eigenvalue weighted by Gasteiger charge is 2.34. The molecule has 0 saturated carbocycles. The van der Waals surface area contributed by atoms with Crippen molar-refractivity contribution in [2.75, 3.05) is 0 Å². The summed E-state index contributed by atoms with van der Waals surface area (Å²) in [6, 6.07) is 0.377. The van der Waals surface area contributed by atoms with Crippen LogP contribution in [0.4, 0.5) is 13.2 Å². The zero-order valence-electron chi connectivity index (χ0n) is 9.77. The van der Waals surface area contributed by atoms with Crippen LogP contribution in [0.1, 0.15) is 37.4 Å². The second-order valence-electron chi connectivity index (χ2n) is 3.74. The van der Waals surface area contributed by atoms with Crippen molar-refractivity contribution < 1.29 is 17.6 Å². The molecular weight excluding hydrogens is 249 g/mol. The van der Waals surface area contributed by atoms with Crippen LogP contribution in [0.15, 0.2) is 16.7 Å². The smallest absolute Gasteiger partial charge is 0.423 e. The van der Waals surface area contributed by atoms with E-state index in [0.717, 1.165) is 10.7 Å². The van der Waals surface area contributed by atoms with E-state index in [-0.39, 0.29) is 5.89 Å². The second kappa shape index (κ2) is 4.43. The van der Waals surface area contributed by atoms with Gasteiger partial charge in [-0.25, -0.2) is 0 Å². The summed E-state index contributed by atoms with van der Waals surface area (Å²) in [6.07, 6.45) is -2.63. The molecule has 0 aliphatic heterocycles. The minimum absolute atomic E-state index is 0.240. The van der Waals surface area contributed by atoms with Crippen LogP contribution in [0.5, 0.6) is 0 Å². The highest BCUT2D eigenvalue weighted by molar-refractivity contribution is 5.05. The molecule has 0 spiro atoms. The predicted molar refractivity (Wildman–Crippen MR) is 54.7 cm³/mol. The van der Waals surface area contributed by atoms with Gasteiger partial charge in [-0.1, -0.05) is 6.92 Å². The van der Waals surface area contributed by atoms with Gasteiger partial charge in [0.25, 0.3) is 0 Å². The van der Waals surface area contributed by atoms with Crippen LogP contribution in [0, 0.1) is 0 Å². The van der Waals surface area contributed by atoms with Gasteiger partial charge in [-0.15, -0.1) is 10.2 Å². The molecule has 2 aromatic rings. The summed E-state index contributed by atoms with van der Waals surface area (Å²) in [6.45, 7) is 3.48. The number of nitrogens with zero attached hydrogens (tertiary/aromatic N) is 4. The molecule has 0 radical (unpaired) electrons. The Morgan fingerprint density at radius 1 is 1.39 bits per heavy atom. The van der Waals surface area contributed by atoms with Gasteiger partial charge in [0.15, 0.2) is 5.69 Å². The third kappa shape index (κ3) is 2.36. The zero-order chi connectivity index (χ0) is 13.3. The van der Waals surface area contributed by atoms with Crippen LogP contribution in [0.25, 0.3) is 0 Å². The van der Waals surface area contributed by atoms with E-state index in [1.54, 1.807) is 6.92 Å². The molecule has 0 amide bonds. The van der Waals surface area contributed by atoms with Gasteiger partial charge in [0.2, 0.25) is 11.8 Å². The lowest BCUT2D eigenvalue weighted by atomic mass is 10.3. The Morgan fingerprint density at radius 2 is 2.11 bits per heavy atom. The maximum absolute atomic E-state index is 12.4. The lowest BCUT2D eigenvalue weighted by molar-refractivity contribution is -0.141. The van der Waals surface area contributed by atoms with Crippen molar-refractivity contribution in [3.8, 4) is 0 Å². The van der Waals surface area contributed by atoms with Crippen molar-refractivity contribution in [2.45, 2.75) is 32.5 Å². The Bertz CT molecular complexity index is 531. The Labute approximate surface area is 101 Å². The molecule has 98 valence electrons. The fraction of sp³-hybridized carbons (Fsp3) is 0.500. The molecule has 0 saturated heterocycles. The number of hydrogen-bond acceptors (Lipinski definition) is 4. The summed E-state index contributed by atoms with van der Waals surface area (Å²) >= 11 is 0. The van der Waals surface area contributed by atoms with Gasteiger partial charge in [0.05, 0.1) is 0 Å². The zero-order valence-corrected chi connectivity index (χ0v) is 9.77. The average Bonchev–Trinajstić information content (AvgIpc) is 2.96. The molecule has 2 heterocycles. The van der Waals surface area contributed by atoms with Crippen LogP contribution >= 0.6 is 0 Å². The molecule has 0 bridgehead atoms. The van der Waals surface area contributed by atoms with Gasteiger partial charge in [0, 0.05) is 12.6 Å². The molecule has 0 fully saturated rings. The normalized spacial score (nSPS) is 13.8. The van der Waals surface area contributed by atoms with Crippen molar-refractivity contribution in [1.82, 2.24) is 20.0 Å². The molecule has 0 N–H and O–H groups in total. The van der Waals surface area contributed by atoms with Crippen LogP contribution < -0.4 is 0 Å². The van der Waals surface area contributed by atoms with Gasteiger partial charge in [-0.05, 0) is 13.0 Å². The van der Waals surface area contributed by atoms with E-state index in [0.29, 0.717) is 12.3 Å². The quantitative estimate of drug-likeness (QED) is 0.850. The van der Waals surface area contributed by atoms with Crippen molar-refractivity contribution >= 4 is 0 Å². The first kappa shape index (κ1) is 12.6. The summed E-state index contributed by atoms with van der Waals surface area (Å²) in [7, 11) is 0. The van der Waals surface area contributed by atoms with Crippen LogP contribution in [-0.4, -0.2) is 20.0 Å². The minimum atomic E-state index is -4.45. The van der Waals surface area contributed by atoms with Crippen molar-refractivity contribution in [3.05, 3.63) is 29.7 Å². The van der Waals surface area contributed by atoms with Crippen molar-refractivity contribution in [3.63, 3.8) is 0 Å². The number of aromatic nitrogens is 4. The Kier molecular flexibility index (Phi) is 3.10. The summed E-state index contributed by atoms with van der Waals surface area (Å²) in [5.74, 6) is 0.684. The summed E-state index contributed by atoms with van der Waals surface area (Å²) in [5.41, 5.74) is -0.940.